The summed E-state index contributed by atoms with van der Waals surface area (Å²) in [5.41, 5.74) is 10.3. The number of rotatable bonds is 6. The normalized spacial score (nSPS) is 15.6. The average Bonchev–Trinajstić information content (AvgIpc) is 3.48. The minimum Gasteiger partial charge on any atom is -0.384 e. The van der Waals surface area contributed by atoms with Crippen LogP contribution in [0.4, 0.5) is 0 Å². The number of fused-ring (bicyclic) bond motifs is 6. The third-order valence-electron chi connectivity index (χ3n) is 8.62. The number of ether oxygens (including phenoxy) is 1. The molecule has 0 spiro atoms. The highest BCUT2D eigenvalue weighted by Gasteiger charge is 2.30. The van der Waals surface area contributed by atoms with Crippen molar-refractivity contribution < 1.29 is 19.4 Å². The summed E-state index contributed by atoms with van der Waals surface area (Å²) < 4.78 is 7.22. The van der Waals surface area contributed by atoms with E-state index in [4.69, 9.17) is 4.74 Å². The van der Waals surface area contributed by atoms with Crippen molar-refractivity contribution in [3.8, 4) is 22.3 Å². The summed E-state index contributed by atoms with van der Waals surface area (Å²) in [5, 5.41) is 10.5. The minimum atomic E-state index is -0.583. The fourth-order valence-corrected chi connectivity index (χ4v) is 5.91. The second-order valence-electron chi connectivity index (χ2n) is 14.2. The van der Waals surface area contributed by atoms with Crippen molar-refractivity contribution in [3.63, 3.8) is 0 Å². The maximum Gasteiger partial charge on any atom is 0.142 e. The van der Waals surface area contributed by atoms with E-state index in [0.717, 1.165) is 33.4 Å². The number of aliphatic hydroxyl groups is 1. The number of hydrogen-bond acceptors (Lipinski definition) is 4. The molecule has 4 aromatic rings. The van der Waals surface area contributed by atoms with E-state index < -0.39 is 6.10 Å². The van der Waals surface area contributed by atoms with E-state index in [1.54, 1.807) is 0 Å². The summed E-state index contributed by atoms with van der Waals surface area (Å²) in [6.45, 7) is 16.5. The highest BCUT2D eigenvalue weighted by atomic mass is 127. The van der Waals surface area contributed by atoms with Gasteiger partial charge in [-0.1, -0.05) is 156 Å². The number of halogens is 1. The van der Waals surface area contributed by atoms with Crippen LogP contribution >= 0.6 is 22.6 Å². The molecular formula is C42H49IO4. The van der Waals surface area contributed by atoms with Crippen LogP contribution in [0.25, 0.3) is 22.3 Å². The highest BCUT2D eigenvalue weighted by molar-refractivity contribution is 14.1. The lowest BCUT2D eigenvalue weighted by molar-refractivity contribution is -0.126. The zero-order valence-corrected chi connectivity index (χ0v) is 31.3. The Hall–Kier alpha value is -3.13. The van der Waals surface area contributed by atoms with Crippen LogP contribution < -0.4 is 0 Å². The molecule has 0 saturated carbocycles. The summed E-state index contributed by atoms with van der Waals surface area (Å²) >= 11 is 2.29. The van der Waals surface area contributed by atoms with Gasteiger partial charge in [0.1, 0.15) is 23.8 Å². The minimum absolute atomic E-state index is 0.0177. The zero-order valence-electron chi connectivity index (χ0n) is 29.1. The van der Waals surface area contributed by atoms with E-state index in [2.05, 4.69) is 72.0 Å². The van der Waals surface area contributed by atoms with Crippen LogP contribution in [0.3, 0.4) is 0 Å². The number of ketones is 2. The summed E-state index contributed by atoms with van der Waals surface area (Å²) in [5.74, 6) is 0.480. The Balaban J connectivity index is 0.000000197. The molecule has 0 amide bonds. The van der Waals surface area contributed by atoms with Gasteiger partial charge in [0.25, 0.3) is 0 Å². The molecule has 2 unspecified atom stereocenters. The van der Waals surface area contributed by atoms with Crippen molar-refractivity contribution >= 4 is 34.2 Å². The third-order valence-corrected chi connectivity index (χ3v) is 8.62. The van der Waals surface area contributed by atoms with Crippen molar-refractivity contribution in [1.82, 2.24) is 0 Å². The molecule has 0 fully saturated rings. The van der Waals surface area contributed by atoms with Gasteiger partial charge >= 0.3 is 0 Å². The van der Waals surface area contributed by atoms with E-state index in [1.165, 1.54) is 26.7 Å². The summed E-state index contributed by atoms with van der Waals surface area (Å²) in [6.07, 6.45) is 0.294. The van der Waals surface area contributed by atoms with Crippen molar-refractivity contribution in [2.75, 3.05) is 11.0 Å². The van der Waals surface area contributed by atoms with Gasteiger partial charge in [0.2, 0.25) is 0 Å². The molecular weight excluding hydrogens is 695 g/mol. The predicted molar refractivity (Wildman–Crippen MR) is 202 cm³/mol. The second-order valence-corrected chi connectivity index (χ2v) is 15.7. The van der Waals surface area contributed by atoms with Crippen LogP contribution in [0.5, 0.6) is 0 Å². The molecule has 0 radical (unpaired) electrons. The molecule has 47 heavy (non-hydrogen) atoms. The van der Waals surface area contributed by atoms with Gasteiger partial charge in [-0.15, -0.1) is 0 Å². The molecule has 4 aromatic carbocycles. The molecule has 0 saturated heterocycles. The smallest absolute Gasteiger partial charge is 0.142 e. The van der Waals surface area contributed by atoms with E-state index in [-0.39, 0.29) is 28.5 Å². The number of alkyl halides is 1. The summed E-state index contributed by atoms with van der Waals surface area (Å²) in [7, 11) is 0. The molecule has 0 bridgehead atoms. The zero-order chi connectivity index (χ0) is 34.5. The second kappa shape index (κ2) is 15.4. The summed E-state index contributed by atoms with van der Waals surface area (Å²) in [4.78, 5) is 24.5. The van der Waals surface area contributed by atoms with Crippen LogP contribution in [0.2, 0.25) is 0 Å². The van der Waals surface area contributed by atoms with Crippen molar-refractivity contribution in [3.05, 3.63) is 118 Å². The van der Waals surface area contributed by atoms with Gasteiger partial charge in [0, 0.05) is 30.3 Å². The van der Waals surface area contributed by atoms with Gasteiger partial charge in [-0.3, -0.25) is 9.59 Å². The molecule has 4 nitrogen and oxygen atoms in total. The van der Waals surface area contributed by atoms with Crippen molar-refractivity contribution in [2.45, 2.75) is 80.4 Å². The maximum atomic E-state index is 12.3. The Morgan fingerprint density at radius 1 is 0.638 bits per heavy atom. The third kappa shape index (κ3) is 8.48. The summed E-state index contributed by atoms with van der Waals surface area (Å²) in [6, 6.07) is 28.7. The first kappa shape index (κ1) is 36.7. The number of hydrogen-bond donors (Lipinski definition) is 1. The van der Waals surface area contributed by atoms with E-state index >= 15 is 0 Å². The Bertz CT molecular complexity index is 1720. The van der Waals surface area contributed by atoms with Crippen LogP contribution in [0.15, 0.2) is 84.9 Å². The molecule has 0 heterocycles. The number of Topliss-reactive ketones (excluding diaryl/α,β-unsaturated/α-hetero) is 2. The van der Waals surface area contributed by atoms with Crippen LogP contribution in [-0.2, 0) is 27.2 Å². The Morgan fingerprint density at radius 3 is 1.53 bits per heavy atom. The lowest BCUT2D eigenvalue weighted by Gasteiger charge is -2.18. The van der Waals surface area contributed by atoms with E-state index in [1.807, 2.05) is 90.9 Å². The van der Waals surface area contributed by atoms with Gasteiger partial charge < -0.3 is 9.84 Å². The number of carbonyl (C=O) groups excluding carboxylic acids is 2. The topological polar surface area (TPSA) is 63.6 Å². The standard InChI is InChI=1S/C21H24O2.C19H20O2.C2H5I/c1-5-23-20-17-9-7-6-8-15(17)16-11-10-14(12-18(16)20)13-19(22)21(2,3)4;1-19(2,3)17(20)11-12-8-9-14-13-6-4-5-7-15(13)18(21)16(14)10-12;1-2-3/h6-12,20H,5,13H2,1-4H3;4-10,18,21H,11H2,1-3H3;2H2,1H3. The molecule has 1 N–H and O–H groups in total. The monoisotopic (exact) mass is 744 g/mol. The van der Waals surface area contributed by atoms with Gasteiger partial charge in [-0.05, 0) is 67.0 Å². The number of aliphatic hydroxyl groups excluding tert-OH is 1. The number of carbonyl (C=O) groups is 2. The van der Waals surface area contributed by atoms with Gasteiger partial charge in [-0.2, -0.15) is 0 Å². The fourth-order valence-electron chi connectivity index (χ4n) is 5.91. The Morgan fingerprint density at radius 2 is 1.04 bits per heavy atom. The van der Waals surface area contributed by atoms with Crippen molar-refractivity contribution in [1.29, 1.82) is 0 Å². The molecule has 0 aliphatic heterocycles. The molecule has 5 heteroatoms. The van der Waals surface area contributed by atoms with Gasteiger partial charge in [0.15, 0.2) is 0 Å². The SMILES string of the molecule is CC(C)(C)C(=O)Cc1ccc2c(c1)C(O)c1ccccc1-2.CCI.CCOC1c2ccccc2-c2ccc(CC(=O)C(C)(C)C)cc21. The lowest BCUT2D eigenvalue weighted by atomic mass is 9.86. The number of benzene rings is 4. The van der Waals surface area contributed by atoms with Crippen LogP contribution in [0.1, 0.15) is 101 Å². The largest absolute Gasteiger partial charge is 0.384 e. The maximum absolute atomic E-state index is 12.3. The Labute approximate surface area is 295 Å². The van der Waals surface area contributed by atoms with Crippen molar-refractivity contribution in [2.24, 2.45) is 10.8 Å². The molecule has 248 valence electrons. The predicted octanol–water partition coefficient (Wildman–Crippen LogP) is 10.3. The van der Waals surface area contributed by atoms with Gasteiger partial charge in [0.05, 0.1) is 0 Å². The first-order valence-electron chi connectivity index (χ1n) is 16.6. The highest BCUT2D eigenvalue weighted by Crippen LogP contribution is 2.46. The average molecular weight is 745 g/mol. The lowest BCUT2D eigenvalue weighted by Crippen LogP contribution is -2.22. The van der Waals surface area contributed by atoms with E-state index in [9.17, 15) is 14.7 Å². The van der Waals surface area contributed by atoms with Crippen LogP contribution in [0, 0.1) is 10.8 Å². The fraction of sp³-hybridized carbons (Fsp3) is 0.381. The van der Waals surface area contributed by atoms with E-state index in [0.29, 0.717) is 19.4 Å². The van der Waals surface area contributed by atoms with Gasteiger partial charge in [-0.25, -0.2) is 0 Å². The van der Waals surface area contributed by atoms with Crippen LogP contribution in [-0.4, -0.2) is 27.7 Å². The quantitative estimate of drug-likeness (QED) is 0.158. The molecule has 6 rings (SSSR count). The molecule has 2 aliphatic rings. The molecule has 0 aromatic heterocycles. The Kier molecular flexibility index (Phi) is 12.0. The first-order chi connectivity index (χ1) is 22.2. The molecule has 2 aliphatic carbocycles. The first-order valence-corrected chi connectivity index (χ1v) is 18.1. The molecule has 2 atom stereocenters.